The molecule has 0 saturated heterocycles. The number of rotatable bonds is 5. The normalized spacial score (nSPS) is 10.1. The van der Waals surface area contributed by atoms with Gasteiger partial charge in [0, 0.05) is 0 Å². The summed E-state index contributed by atoms with van der Waals surface area (Å²) in [6, 6.07) is 6.51. The number of hydrogen-bond acceptors (Lipinski definition) is 0. The quantitative estimate of drug-likeness (QED) is 0.611. The van der Waals surface area contributed by atoms with Crippen LogP contribution in [0.15, 0.2) is 24.3 Å². The van der Waals surface area contributed by atoms with Crippen molar-refractivity contribution in [3.8, 4) is 0 Å². The predicted octanol–water partition coefficient (Wildman–Crippen LogP) is 4.01. The third-order valence-corrected chi connectivity index (χ3v) is 2.69. The molecule has 0 bridgehead atoms. The Balaban J connectivity index is 2.53. The van der Waals surface area contributed by atoms with Crippen molar-refractivity contribution in [2.75, 3.05) is 0 Å². The van der Waals surface area contributed by atoms with E-state index >= 15 is 0 Å². The van der Waals surface area contributed by atoms with Gasteiger partial charge in [-0.15, -0.1) is 0 Å². The molecule has 0 N–H and O–H groups in total. The zero-order valence-corrected chi connectivity index (χ0v) is 9.22. The van der Waals surface area contributed by atoms with Crippen LogP contribution in [0, 0.1) is 20.4 Å². The molecule has 1 radical (unpaired) electrons. The zero-order chi connectivity index (χ0) is 10.4. The van der Waals surface area contributed by atoms with Crippen LogP contribution >= 0.6 is 0 Å². The topological polar surface area (TPSA) is 0 Å². The fourth-order valence-corrected chi connectivity index (χ4v) is 1.81. The zero-order valence-electron chi connectivity index (χ0n) is 9.22. The third kappa shape index (κ3) is 3.02. The van der Waals surface area contributed by atoms with Crippen molar-refractivity contribution in [3.63, 3.8) is 0 Å². The van der Waals surface area contributed by atoms with Crippen molar-refractivity contribution in [1.82, 2.24) is 0 Å². The maximum absolute atomic E-state index is 5.34. The SMILES string of the molecule is [CH]=CCCCCc1c(C)cccc1C. The molecule has 1 aromatic carbocycles. The summed E-state index contributed by atoms with van der Waals surface area (Å²) >= 11 is 0. The number of hydrogen-bond donors (Lipinski definition) is 0. The van der Waals surface area contributed by atoms with Gasteiger partial charge in [-0.05, 0) is 56.2 Å². The second-order valence-electron chi connectivity index (χ2n) is 3.85. The van der Waals surface area contributed by atoms with Gasteiger partial charge in [-0.2, -0.15) is 0 Å². The summed E-state index contributed by atoms with van der Waals surface area (Å²) in [5.74, 6) is 0. The first-order valence-electron chi connectivity index (χ1n) is 5.34. The monoisotopic (exact) mass is 187 g/mol. The van der Waals surface area contributed by atoms with E-state index in [2.05, 4.69) is 32.0 Å². The first kappa shape index (κ1) is 11.0. The Bertz CT molecular complexity index is 277. The molecule has 0 nitrogen and oxygen atoms in total. The molecule has 0 saturated carbocycles. The molecule has 75 valence electrons. The van der Waals surface area contributed by atoms with Gasteiger partial charge in [-0.25, -0.2) is 0 Å². The molecule has 14 heavy (non-hydrogen) atoms. The molecular weight excluding hydrogens is 168 g/mol. The fraction of sp³-hybridized carbons (Fsp3) is 0.429. The van der Waals surface area contributed by atoms with Gasteiger partial charge in [0.25, 0.3) is 0 Å². The standard InChI is InChI=1S/C14H19/c1-4-5-6-7-11-14-12(2)9-8-10-13(14)3/h1,4,8-10H,5-7,11H2,2-3H3. The van der Waals surface area contributed by atoms with Crippen LogP contribution in [0.3, 0.4) is 0 Å². The van der Waals surface area contributed by atoms with E-state index < -0.39 is 0 Å². The molecule has 0 amide bonds. The Morgan fingerprint density at radius 3 is 2.36 bits per heavy atom. The average Bonchev–Trinajstić information content (AvgIpc) is 2.16. The molecule has 0 fully saturated rings. The second-order valence-corrected chi connectivity index (χ2v) is 3.85. The first-order chi connectivity index (χ1) is 6.75. The van der Waals surface area contributed by atoms with Gasteiger partial charge in [0.1, 0.15) is 0 Å². The molecule has 0 aliphatic carbocycles. The van der Waals surface area contributed by atoms with E-state index in [4.69, 9.17) is 6.58 Å². The molecule has 0 aromatic heterocycles. The van der Waals surface area contributed by atoms with Crippen LogP contribution < -0.4 is 0 Å². The molecule has 1 aromatic rings. The predicted molar refractivity (Wildman–Crippen MR) is 62.3 cm³/mol. The number of allylic oxidation sites excluding steroid dienone is 1. The maximum atomic E-state index is 5.34. The Labute approximate surface area is 87.7 Å². The molecule has 0 heteroatoms. The number of benzene rings is 1. The third-order valence-electron chi connectivity index (χ3n) is 2.69. The van der Waals surface area contributed by atoms with Crippen molar-refractivity contribution in [3.05, 3.63) is 47.5 Å². The molecule has 0 unspecified atom stereocenters. The van der Waals surface area contributed by atoms with E-state index in [0.29, 0.717) is 0 Å². The van der Waals surface area contributed by atoms with E-state index in [9.17, 15) is 0 Å². The molecule has 0 spiro atoms. The van der Waals surface area contributed by atoms with Gasteiger partial charge in [0.15, 0.2) is 0 Å². The van der Waals surface area contributed by atoms with Crippen LogP contribution in [0.5, 0.6) is 0 Å². The van der Waals surface area contributed by atoms with Crippen molar-refractivity contribution < 1.29 is 0 Å². The number of aryl methyl sites for hydroxylation is 2. The van der Waals surface area contributed by atoms with Crippen molar-refractivity contribution in [1.29, 1.82) is 0 Å². The first-order valence-corrected chi connectivity index (χ1v) is 5.34. The van der Waals surface area contributed by atoms with Crippen LogP contribution in [-0.2, 0) is 6.42 Å². The number of unbranched alkanes of at least 4 members (excludes halogenated alkanes) is 2. The highest BCUT2D eigenvalue weighted by Crippen LogP contribution is 2.16. The summed E-state index contributed by atoms with van der Waals surface area (Å²) in [4.78, 5) is 0. The lowest BCUT2D eigenvalue weighted by Crippen LogP contribution is -1.93. The summed E-state index contributed by atoms with van der Waals surface area (Å²) < 4.78 is 0. The van der Waals surface area contributed by atoms with Gasteiger partial charge >= 0.3 is 0 Å². The van der Waals surface area contributed by atoms with Gasteiger partial charge < -0.3 is 0 Å². The highest BCUT2D eigenvalue weighted by molar-refractivity contribution is 5.33. The summed E-state index contributed by atoms with van der Waals surface area (Å²) in [6.07, 6.45) is 6.41. The summed E-state index contributed by atoms with van der Waals surface area (Å²) in [6.45, 7) is 9.73. The Morgan fingerprint density at radius 2 is 1.79 bits per heavy atom. The van der Waals surface area contributed by atoms with Crippen LogP contribution in [-0.4, -0.2) is 0 Å². The van der Waals surface area contributed by atoms with E-state index in [1.54, 1.807) is 6.08 Å². The van der Waals surface area contributed by atoms with Crippen molar-refractivity contribution >= 4 is 0 Å². The minimum Gasteiger partial charge on any atom is -0.0845 e. The van der Waals surface area contributed by atoms with Crippen molar-refractivity contribution in [2.24, 2.45) is 0 Å². The highest BCUT2D eigenvalue weighted by atomic mass is 14.1. The van der Waals surface area contributed by atoms with Gasteiger partial charge in [-0.3, -0.25) is 0 Å². The lowest BCUT2D eigenvalue weighted by Gasteiger charge is -2.08. The molecule has 0 aliphatic rings. The smallest absolute Gasteiger partial charge is 0.0274 e. The maximum Gasteiger partial charge on any atom is -0.0274 e. The Morgan fingerprint density at radius 1 is 1.14 bits per heavy atom. The van der Waals surface area contributed by atoms with E-state index in [1.165, 1.54) is 36.0 Å². The molecule has 0 atom stereocenters. The van der Waals surface area contributed by atoms with Gasteiger partial charge in [0.2, 0.25) is 0 Å². The Hall–Kier alpha value is -1.04. The molecule has 0 aliphatic heterocycles. The van der Waals surface area contributed by atoms with Gasteiger partial charge in [-0.1, -0.05) is 30.9 Å². The minimum absolute atomic E-state index is 1.03. The summed E-state index contributed by atoms with van der Waals surface area (Å²) in [5, 5.41) is 0. The van der Waals surface area contributed by atoms with Crippen LogP contribution in [0.25, 0.3) is 0 Å². The minimum atomic E-state index is 1.03. The largest absolute Gasteiger partial charge is 0.0845 e. The molecular formula is C14H19. The highest BCUT2D eigenvalue weighted by Gasteiger charge is 2.00. The van der Waals surface area contributed by atoms with E-state index in [-0.39, 0.29) is 0 Å². The van der Waals surface area contributed by atoms with Crippen LogP contribution in [0.1, 0.15) is 36.0 Å². The second kappa shape index (κ2) is 5.64. The summed E-state index contributed by atoms with van der Waals surface area (Å²) in [5.41, 5.74) is 4.35. The summed E-state index contributed by atoms with van der Waals surface area (Å²) in [7, 11) is 0. The molecule has 1 rings (SSSR count). The Kier molecular flexibility index (Phi) is 4.45. The van der Waals surface area contributed by atoms with Crippen molar-refractivity contribution in [2.45, 2.75) is 39.5 Å². The lowest BCUT2D eigenvalue weighted by molar-refractivity contribution is 0.742. The molecule has 0 heterocycles. The average molecular weight is 187 g/mol. The van der Waals surface area contributed by atoms with E-state index in [1.807, 2.05) is 0 Å². The van der Waals surface area contributed by atoms with E-state index in [0.717, 1.165) is 6.42 Å². The van der Waals surface area contributed by atoms with Gasteiger partial charge in [0.05, 0.1) is 0 Å². The van der Waals surface area contributed by atoms with Crippen LogP contribution in [0.4, 0.5) is 0 Å². The van der Waals surface area contributed by atoms with Crippen LogP contribution in [0.2, 0.25) is 0 Å². The lowest BCUT2D eigenvalue weighted by atomic mass is 9.97. The fourth-order valence-electron chi connectivity index (χ4n) is 1.81.